The van der Waals surface area contributed by atoms with Crippen LogP contribution in [0, 0.1) is 6.92 Å². The SMILES string of the molecule is Cc1nn(C)cc1CN1CCN(C(=O)c2nn3cccnc3c2Br)CC1. The maximum Gasteiger partial charge on any atom is 0.275 e. The minimum atomic E-state index is -0.0559. The number of rotatable bonds is 3. The van der Waals surface area contributed by atoms with E-state index in [1.165, 1.54) is 5.56 Å². The van der Waals surface area contributed by atoms with Crippen LogP contribution in [0.3, 0.4) is 0 Å². The normalized spacial score (nSPS) is 15.7. The summed E-state index contributed by atoms with van der Waals surface area (Å²) in [5, 5.41) is 8.77. The molecule has 4 heterocycles. The Morgan fingerprint density at radius 2 is 2.00 bits per heavy atom. The highest BCUT2D eigenvalue weighted by Crippen LogP contribution is 2.22. The molecule has 0 unspecified atom stereocenters. The number of carbonyl (C=O) groups excluding carboxylic acids is 1. The van der Waals surface area contributed by atoms with Crippen molar-refractivity contribution in [3.8, 4) is 0 Å². The third kappa shape index (κ3) is 3.12. The summed E-state index contributed by atoms with van der Waals surface area (Å²) in [6.07, 6.45) is 5.54. The fourth-order valence-electron chi connectivity index (χ4n) is 3.30. The Hall–Kier alpha value is -2.26. The fraction of sp³-hybridized carbons (Fsp3) is 0.412. The first-order chi connectivity index (χ1) is 12.5. The lowest BCUT2D eigenvalue weighted by Gasteiger charge is -2.34. The van der Waals surface area contributed by atoms with Gasteiger partial charge in [-0.3, -0.25) is 14.4 Å². The Bertz CT molecular complexity index is 955. The van der Waals surface area contributed by atoms with E-state index in [1.807, 2.05) is 23.6 Å². The van der Waals surface area contributed by atoms with Gasteiger partial charge in [-0.05, 0) is 28.9 Å². The molecular weight excluding hydrogens is 398 g/mol. The van der Waals surface area contributed by atoms with Crippen LogP contribution in [0.2, 0.25) is 0 Å². The fourth-order valence-corrected chi connectivity index (χ4v) is 3.83. The summed E-state index contributed by atoms with van der Waals surface area (Å²) < 4.78 is 4.12. The van der Waals surface area contributed by atoms with E-state index >= 15 is 0 Å². The predicted molar refractivity (Wildman–Crippen MR) is 99.8 cm³/mol. The van der Waals surface area contributed by atoms with Gasteiger partial charge in [-0.25, -0.2) is 9.50 Å². The zero-order valence-electron chi connectivity index (χ0n) is 14.8. The molecule has 26 heavy (non-hydrogen) atoms. The van der Waals surface area contributed by atoms with Crippen molar-refractivity contribution in [1.82, 2.24) is 34.2 Å². The first kappa shape index (κ1) is 17.2. The monoisotopic (exact) mass is 417 g/mol. The van der Waals surface area contributed by atoms with Gasteiger partial charge >= 0.3 is 0 Å². The highest BCUT2D eigenvalue weighted by atomic mass is 79.9. The van der Waals surface area contributed by atoms with Crippen LogP contribution in [0.1, 0.15) is 21.7 Å². The van der Waals surface area contributed by atoms with E-state index in [1.54, 1.807) is 23.0 Å². The Morgan fingerprint density at radius 3 is 2.65 bits per heavy atom. The molecule has 0 aromatic carbocycles. The van der Waals surface area contributed by atoms with E-state index in [0.717, 1.165) is 25.3 Å². The van der Waals surface area contributed by atoms with E-state index < -0.39 is 0 Å². The summed E-state index contributed by atoms with van der Waals surface area (Å²) >= 11 is 3.47. The summed E-state index contributed by atoms with van der Waals surface area (Å²) in [5.41, 5.74) is 3.37. The second-order valence-electron chi connectivity index (χ2n) is 6.53. The van der Waals surface area contributed by atoms with Crippen molar-refractivity contribution in [2.45, 2.75) is 13.5 Å². The topological polar surface area (TPSA) is 71.6 Å². The molecule has 0 atom stereocenters. The van der Waals surface area contributed by atoms with Crippen molar-refractivity contribution in [2.24, 2.45) is 7.05 Å². The summed E-state index contributed by atoms with van der Waals surface area (Å²) in [6, 6.07) is 1.79. The number of carbonyl (C=O) groups is 1. The number of hydrogen-bond acceptors (Lipinski definition) is 5. The summed E-state index contributed by atoms with van der Waals surface area (Å²) in [5.74, 6) is -0.0559. The van der Waals surface area contributed by atoms with Gasteiger partial charge < -0.3 is 4.90 Å². The molecule has 0 aliphatic carbocycles. The number of amides is 1. The lowest BCUT2D eigenvalue weighted by molar-refractivity contribution is 0.0621. The van der Waals surface area contributed by atoms with Gasteiger partial charge in [0, 0.05) is 63.9 Å². The molecule has 3 aromatic heterocycles. The summed E-state index contributed by atoms with van der Waals surface area (Å²) in [7, 11) is 1.94. The molecular formula is C17H20BrN7O. The van der Waals surface area contributed by atoms with E-state index in [9.17, 15) is 4.79 Å². The number of nitrogens with zero attached hydrogens (tertiary/aromatic N) is 7. The van der Waals surface area contributed by atoms with Crippen LogP contribution in [-0.4, -0.2) is 66.3 Å². The van der Waals surface area contributed by atoms with Crippen molar-refractivity contribution >= 4 is 27.5 Å². The summed E-state index contributed by atoms with van der Waals surface area (Å²) in [6.45, 7) is 5.94. The predicted octanol–water partition coefficient (Wildman–Crippen LogP) is 1.49. The number of halogens is 1. The Kier molecular flexibility index (Phi) is 4.49. The molecule has 9 heteroatoms. The number of aromatic nitrogens is 5. The molecule has 136 valence electrons. The van der Waals surface area contributed by atoms with Gasteiger partial charge in [-0.2, -0.15) is 10.2 Å². The molecule has 1 fully saturated rings. The second kappa shape index (κ2) is 6.81. The first-order valence-corrected chi connectivity index (χ1v) is 9.32. The molecule has 0 spiro atoms. The van der Waals surface area contributed by atoms with Crippen molar-refractivity contribution < 1.29 is 4.79 Å². The lowest BCUT2D eigenvalue weighted by atomic mass is 10.2. The Morgan fingerprint density at radius 1 is 1.23 bits per heavy atom. The van der Waals surface area contributed by atoms with Gasteiger partial charge in [-0.15, -0.1) is 0 Å². The van der Waals surface area contributed by atoms with Crippen LogP contribution >= 0.6 is 15.9 Å². The molecule has 3 aromatic rings. The average molecular weight is 418 g/mol. The maximum atomic E-state index is 12.9. The quantitative estimate of drug-likeness (QED) is 0.645. The molecule has 0 N–H and O–H groups in total. The van der Waals surface area contributed by atoms with Gasteiger partial charge in [0.2, 0.25) is 0 Å². The number of piperazine rings is 1. The van der Waals surface area contributed by atoms with Crippen LogP contribution in [0.15, 0.2) is 29.1 Å². The Balaban J connectivity index is 1.43. The van der Waals surface area contributed by atoms with Crippen LogP contribution in [-0.2, 0) is 13.6 Å². The van der Waals surface area contributed by atoms with Gasteiger partial charge in [0.05, 0.1) is 10.2 Å². The number of aryl methyl sites for hydroxylation is 2. The van der Waals surface area contributed by atoms with Gasteiger partial charge in [0.15, 0.2) is 11.3 Å². The molecule has 0 radical (unpaired) electrons. The zero-order chi connectivity index (χ0) is 18.3. The van der Waals surface area contributed by atoms with E-state index in [0.29, 0.717) is 28.9 Å². The average Bonchev–Trinajstić information content (AvgIpc) is 3.14. The molecule has 1 amide bonds. The largest absolute Gasteiger partial charge is 0.335 e. The highest BCUT2D eigenvalue weighted by Gasteiger charge is 2.27. The van der Waals surface area contributed by atoms with Crippen molar-refractivity contribution in [3.05, 3.63) is 46.1 Å². The molecule has 1 saturated heterocycles. The molecule has 0 bridgehead atoms. The molecule has 1 aliphatic rings. The van der Waals surface area contributed by atoms with Crippen LogP contribution in [0.4, 0.5) is 0 Å². The first-order valence-electron chi connectivity index (χ1n) is 8.52. The van der Waals surface area contributed by atoms with Crippen molar-refractivity contribution in [1.29, 1.82) is 0 Å². The molecule has 0 saturated carbocycles. The minimum Gasteiger partial charge on any atom is -0.335 e. The molecule has 1 aliphatic heterocycles. The minimum absolute atomic E-state index is 0.0559. The smallest absolute Gasteiger partial charge is 0.275 e. The zero-order valence-corrected chi connectivity index (χ0v) is 16.3. The van der Waals surface area contributed by atoms with Gasteiger partial charge in [0.1, 0.15) is 0 Å². The van der Waals surface area contributed by atoms with E-state index in [2.05, 4.69) is 42.2 Å². The van der Waals surface area contributed by atoms with Gasteiger partial charge in [-0.1, -0.05) is 0 Å². The third-order valence-electron chi connectivity index (χ3n) is 4.71. The van der Waals surface area contributed by atoms with E-state index in [4.69, 9.17) is 0 Å². The number of hydrogen-bond donors (Lipinski definition) is 0. The second-order valence-corrected chi connectivity index (χ2v) is 7.33. The molecule has 8 nitrogen and oxygen atoms in total. The summed E-state index contributed by atoms with van der Waals surface area (Å²) in [4.78, 5) is 21.4. The standard InChI is InChI=1S/C17H20BrN7O/c1-12-13(10-22(2)20-12)11-23-6-8-24(9-7-23)17(26)15-14(18)16-19-4-3-5-25(16)21-15/h3-5,10H,6-9,11H2,1-2H3. The van der Waals surface area contributed by atoms with Crippen molar-refractivity contribution in [2.75, 3.05) is 26.2 Å². The number of fused-ring (bicyclic) bond motifs is 1. The lowest BCUT2D eigenvalue weighted by Crippen LogP contribution is -2.48. The maximum absolute atomic E-state index is 12.9. The van der Waals surface area contributed by atoms with Crippen LogP contribution in [0.25, 0.3) is 5.65 Å². The Labute approximate surface area is 159 Å². The molecule has 4 rings (SSSR count). The van der Waals surface area contributed by atoms with Crippen LogP contribution < -0.4 is 0 Å². The van der Waals surface area contributed by atoms with Crippen LogP contribution in [0.5, 0.6) is 0 Å². The van der Waals surface area contributed by atoms with Crippen molar-refractivity contribution in [3.63, 3.8) is 0 Å². The van der Waals surface area contributed by atoms with Gasteiger partial charge in [0.25, 0.3) is 5.91 Å². The third-order valence-corrected chi connectivity index (χ3v) is 5.44. The van der Waals surface area contributed by atoms with E-state index in [-0.39, 0.29) is 5.91 Å². The highest BCUT2D eigenvalue weighted by molar-refractivity contribution is 9.10.